The molecule has 1 heterocycles. The fourth-order valence-electron chi connectivity index (χ4n) is 0.508. The molecule has 0 spiro atoms. The van der Waals surface area contributed by atoms with Crippen LogP contribution in [0.15, 0.2) is 0 Å². The molecule has 1 rings (SSSR count). The second-order valence-corrected chi connectivity index (χ2v) is 1.47. The molecule has 0 saturated carbocycles. The van der Waals surface area contributed by atoms with Gasteiger partial charge in [-0.3, -0.25) is 14.9 Å². The number of hydrogen-bond acceptors (Lipinski definition) is 2. The Morgan fingerprint density at radius 1 is 1.12 bits per heavy atom. The summed E-state index contributed by atoms with van der Waals surface area (Å²) in [6.07, 6.45) is 0.748. The predicted molar refractivity (Wildman–Crippen MR) is 22.4 cm³/mol. The first kappa shape index (κ1) is 7.74. The molecule has 0 bridgehead atoms. The zero-order valence-electron chi connectivity index (χ0n) is 4.73. The second-order valence-electron chi connectivity index (χ2n) is 1.47. The quantitative estimate of drug-likeness (QED) is 0.256. The van der Waals surface area contributed by atoms with Gasteiger partial charge in [-0.2, -0.15) is 0 Å². The molecule has 0 atom stereocenters. The molecule has 1 aliphatic rings. The van der Waals surface area contributed by atoms with Gasteiger partial charge in [-0.25, -0.2) is 0 Å². The van der Waals surface area contributed by atoms with Crippen LogP contribution in [0.25, 0.3) is 0 Å². The van der Waals surface area contributed by atoms with Crippen LogP contribution in [0.4, 0.5) is 0 Å². The Kier molecular flexibility index (Phi) is 2.81. The Hall–Kier alpha value is -0.263. The maximum atomic E-state index is 10.1. The molecule has 8 heavy (non-hydrogen) atoms. The second kappa shape index (κ2) is 2.91. The van der Waals surface area contributed by atoms with Gasteiger partial charge in [0, 0.05) is 12.8 Å². The first-order chi connectivity index (χ1) is 3.29. The van der Waals surface area contributed by atoms with E-state index in [1.165, 1.54) is 0 Å². The topological polar surface area (TPSA) is 46.2 Å². The summed E-state index contributed by atoms with van der Waals surface area (Å²) in [6.45, 7) is 0. The number of hydrogen-bond donors (Lipinski definition) is 1. The summed E-state index contributed by atoms with van der Waals surface area (Å²) < 4.78 is 0. The molecule has 0 unspecified atom stereocenters. The SMILES string of the molecule is O=C1CCC(=O)N1.[Li+]. The predicted octanol–water partition coefficient (Wildman–Crippen LogP) is -3.57. The molecule has 4 heteroatoms. The summed E-state index contributed by atoms with van der Waals surface area (Å²) in [7, 11) is 0. The maximum Gasteiger partial charge on any atom is 1.00 e. The Bertz CT molecular complexity index is 109. The van der Waals surface area contributed by atoms with Crippen molar-refractivity contribution in [1.82, 2.24) is 5.32 Å². The van der Waals surface area contributed by atoms with Crippen LogP contribution in [0.3, 0.4) is 0 Å². The van der Waals surface area contributed by atoms with Gasteiger partial charge in [0.15, 0.2) is 0 Å². The number of imide groups is 1. The monoisotopic (exact) mass is 106 g/mol. The van der Waals surface area contributed by atoms with Crippen LogP contribution < -0.4 is 24.2 Å². The molecule has 0 aromatic carbocycles. The van der Waals surface area contributed by atoms with Crippen molar-refractivity contribution in [2.75, 3.05) is 0 Å². The van der Waals surface area contributed by atoms with Crippen LogP contribution in [-0.4, -0.2) is 11.8 Å². The Labute approximate surface area is 59.0 Å². The first-order valence-electron chi connectivity index (χ1n) is 2.12. The van der Waals surface area contributed by atoms with E-state index >= 15 is 0 Å². The number of rotatable bonds is 0. The third-order valence-electron chi connectivity index (χ3n) is 0.858. The summed E-state index contributed by atoms with van der Waals surface area (Å²) in [5.74, 6) is -0.296. The molecular formula is C4H5LiNO2+. The summed E-state index contributed by atoms with van der Waals surface area (Å²) in [4.78, 5) is 20.2. The van der Waals surface area contributed by atoms with Crippen molar-refractivity contribution < 1.29 is 28.4 Å². The minimum absolute atomic E-state index is 0. The number of carbonyl (C=O) groups is 2. The van der Waals surface area contributed by atoms with Crippen molar-refractivity contribution in [2.24, 2.45) is 0 Å². The van der Waals surface area contributed by atoms with Gasteiger partial charge < -0.3 is 0 Å². The summed E-state index contributed by atoms with van der Waals surface area (Å²) in [5, 5.41) is 2.14. The average Bonchev–Trinajstić information content (AvgIpc) is 1.87. The maximum absolute atomic E-state index is 10.1. The molecule has 1 aliphatic heterocycles. The number of nitrogens with one attached hydrogen (secondary N) is 1. The fraction of sp³-hybridized carbons (Fsp3) is 0.500. The Morgan fingerprint density at radius 3 is 1.62 bits per heavy atom. The molecular weight excluding hydrogens is 101 g/mol. The van der Waals surface area contributed by atoms with Gasteiger partial charge in [0.05, 0.1) is 0 Å². The van der Waals surface area contributed by atoms with Crippen LogP contribution in [0.1, 0.15) is 12.8 Å². The van der Waals surface area contributed by atoms with Gasteiger partial charge in [-0.15, -0.1) is 0 Å². The van der Waals surface area contributed by atoms with Crippen molar-refractivity contribution in [2.45, 2.75) is 12.8 Å². The van der Waals surface area contributed by atoms with Crippen molar-refractivity contribution in [3.63, 3.8) is 0 Å². The molecule has 0 radical (unpaired) electrons. The van der Waals surface area contributed by atoms with Gasteiger partial charge in [0.1, 0.15) is 0 Å². The van der Waals surface area contributed by atoms with Gasteiger partial charge in [-0.05, 0) is 0 Å². The van der Waals surface area contributed by atoms with Crippen molar-refractivity contribution in [1.29, 1.82) is 0 Å². The van der Waals surface area contributed by atoms with Gasteiger partial charge in [-0.1, -0.05) is 0 Å². The number of carbonyl (C=O) groups excluding carboxylic acids is 2. The third kappa shape index (κ3) is 1.69. The van der Waals surface area contributed by atoms with E-state index in [0.717, 1.165) is 0 Å². The normalized spacial score (nSPS) is 17.5. The zero-order valence-corrected chi connectivity index (χ0v) is 4.73. The standard InChI is InChI=1S/C4H5NO2.Li/c6-3-1-2-4(7)5-3;/h1-2H2,(H,5,6,7);/q;+1. The minimum atomic E-state index is -0.148. The van der Waals surface area contributed by atoms with E-state index < -0.39 is 0 Å². The summed E-state index contributed by atoms with van der Waals surface area (Å²) in [5.41, 5.74) is 0. The third-order valence-corrected chi connectivity index (χ3v) is 0.858. The van der Waals surface area contributed by atoms with Crippen LogP contribution in [0, 0.1) is 0 Å². The Morgan fingerprint density at radius 2 is 1.50 bits per heavy atom. The molecule has 1 saturated heterocycles. The fourth-order valence-corrected chi connectivity index (χ4v) is 0.508. The minimum Gasteiger partial charge on any atom is -0.296 e. The van der Waals surface area contributed by atoms with E-state index in [-0.39, 0.29) is 30.7 Å². The molecule has 2 amide bonds. The van der Waals surface area contributed by atoms with Crippen molar-refractivity contribution >= 4 is 11.8 Å². The van der Waals surface area contributed by atoms with Crippen molar-refractivity contribution in [3.05, 3.63) is 0 Å². The number of amides is 2. The molecule has 1 N–H and O–H groups in total. The summed E-state index contributed by atoms with van der Waals surface area (Å²) in [6, 6.07) is 0. The van der Waals surface area contributed by atoms with Gasteiger partial charge in [0.2, 0.25) is 11.8 Å². The molecule has 0 aromatic heterocycles. The van der Waals surface area contributed by atoms with E-state index in [2.05, 4.69) is 5.32 Å². The molecule has 0 aliphatic carbocycles. The molecule has 1 fully saturated rings. The average molecular weight is 106 g/mol. The molecule has 0 aromatic rings. The van der Waals surface area contributed by atoms with E-state index in [4.69, 9.17) is 0 Å². The van der Waals surface area contributed by atoms with Crippen LogP contribution in [0.2, 0.25) is 0 Å². The van der Waals surface area contributed by atoms with E-state index in [1.807, 2.05) is 0 Å². The largest absolute Gasteiger partial charge is 1.00 e. The summed E-state index contributed by atoms with van der Waals surface area (Å²) >= 11 is 0. The Balaban J connectivity index is 0.000000490. The van der Waals surface area contributed by atoms with Crippen LogP contribution in [0.5, 0.6) is 0 Å². The molecule has 38 valence electrons. The van der Waals surface area contributed by atoms with Crippen LogP contribution in [-0.2, 0) is 9.59 Å². The van der Waals surface area contributed by atoms with Gasteiger partial charge >= 0.3 is 18.9 Å². The van der Waals surface area contributed by atoms with E-state index in [0.29, 0.717) is 12.8 Å². The smallest absolute Gasteiger partial charge is 0.296 e. The van der Waals surface area contributed by atoms with Crippen LogP contribution >= 0.6 is 0 Å². The van der Waals surface area contributed by atoms with E-state index in [9.17, 15) is 9.59 Å². The van der Waals surface area contributed by atoms with E-state index in [1.54, 1.807) is 0 Å². The molecule has 3 nitrogen and oxygen atoms in total. The van der Waals surface area contributed by atoms with Gasteiger partial charge in [0.25, 0.3) is 0 Å². The first-order valence-corrected chi connectivity index (χ1v) is 2.12. The zero-order chi connectivity index (χ0) is 5.28. The van der Waals surface area contributed by atoms with Crippen molar-refractivity contribution in [3.8, 4) is 0 Å².